The predicted molar refractivity (Wildman–Crippen MR) is 147 cm³/mol. The lowest BCUT2D eigenvalue weighted by Crippen LogP contribution is -2.18. The van der Waals surface area contributed by atoms with Crippen molar-refractivity contribution < 1.29 is 14.3 Å². The van der Waals surface area contributed by atoms with E-state index in [1.54, 1.807) is 0 Å². The molecule has 0 bridgehead atoms. The zero-order valence-electron chi connectivity index (χ0n) is 20.3. The molecule has 0 aliphatic carbocycles. The van der Waals surface area contributed by atoms with Crippen molar-refractivity contribution in [1.29, 1.82) is 0 Å². The molecule has 0 atom stereocenters. The zero-order chi connectivity index (χ0) is 25.5. The Morgan fingerprint density at radius 3 is 2.03 bits per heavy atom. The van der Waals surface area contributed by atoms with Crippen LogP contribution >= 0.6 is 0 Å². The van der Waals surface area contributed by atoms with E-state index in [0.29, 0.717) is 24.5 Å². The van der Waals surface area contributed by atoms with Crippen LogP contribution in [0.1, 0.15) is 21.6 Å². The van der Waals surface area contributed by atoms with Crippen molar-refractivity contribution in [3.8, 4) is 0 Å². The molecule has 0 saturated carbocycles. The van der Waals surface area contributed by atoms with Crippen LogP contribution in [0.15, 0.2) is 115 Å². The number of rotatable bonds is 9. The third kappa shape index (κ3) is 6.12. The Hall–Kier alpha value is -4.68. The number of hydrogen-bond acceptors (Lipinski definition) is 3. The van der Waals surface area contributed by atoms with Crippen LogP contribution in [0.2, 0.25) is 0 Å². The first-order chi connectivity index (χ1) is 18.2. The minimum absolute atomic E-state index is 0.0489. The molecule has 0 fully saturated rings. The number of carbonyl (C=O) groups is 2. The Balaban J connectivity index is 1.35. The van der Waals surface area contributed by atoms with E-state index < -0.39 is 0 Å². The largest absolute Gasteiger partial charge is 0.367 e. The van der Waals surface area contributed by atoms with Crippen LogP contribution in [0.5, 0.6) is 0 Å². The molecule has 0 aliphatic rings. The molecular formula is C31H27N3O3. The van der Waals surface area contributed by atoms with Crippen molar-refractivity contribution in [2.45, 2.75) is 13.2 Å². The van der Waals surface area contributed by atoms with E-state index in [2.05, 4.69) is 10.6 Å². The Kier molecular flexibility index (Phi) is 7.39. The maximum atomic E-state index is 13.3. The summed E-state index contributed by atoms with van der Waals surface area (Å²) in [5.41, 5.74) is 4.91. The highest BCUT2D eigenvalue weighted by Gasteiger charge is 2.17. The van der Waals surface area contributed by atoms with Gasteiger partial charge in [0.15, 0.2) is 0 Å². The van der Waals surface area contributed by atoms with Gasteiger partial charge in [-0.2, -0.15) is 0 Å². The average Bonchev–Trinajstić information content (AvgIpc) is 3.28. The van der Waals surface area contributed by atoms with Crippen LogP contribution in [-0.2, 0) is 22.7 Å². The number of nitrogens with one attached hydrogen (secondary N) is 2. The summed E-state index contributed by atoms with van der Waals surface area (Å²) >= 11 is 0. The fourth-order valence-electron chi connectivity index (χ4n) is 4.22. The summed E-state index contributed by atoms with van der Waals surface area (Å²) < 4.78 is 7.55. The second-order valence-corrected chi connectivity index (χ2v) is 8.72. The van der Waals surface area contributed by atoms with Gasteiger partial charge < -0.3 is 19.9 Å². The van der Waals surface area contributed by atoms with Gasteiger partial charge in [0.05, 0.1) is 6.61 Å². The van der Waals surface area contributed by atoms with Crippen LogP contribution in [0.4, 0.5) is 11.4 Å². The lowest BCUT2D eigenvalue weighted by Gasteiger charge is -2.12. The number of amides is 2. The fraction of sp³-hybridized carbons (Fsp3) is 0.0968. The quantitative estimate of drug-likeness (QED) is 0.263. The smallest absolute Gasteiger partial charge is 0.272 e. The third-order valence-electron chi connectivity index (χ3n) is 5.98. The zero-order valence-corrected chi connectivity index (χ0v) is 20.3. The van der Waals surface area contributed by atoms with Crippen LogP contribution in [0.3, 0.4) is 0 Å². The van der Waals surface area contributed by atoms with Gasteiger partial charge in [-0.3, -0.25) is 9.59 Å². The molecule has 2 amide bonds. The molecule has 1 aromatic heterocycles. The van der Waals surface area contributed by atoms with Gasteiger partial charge in [0.1, 0.15) is 12.3 Å². The number of fused-ring (bicyclic) bond motifs is 1. The first-order valence-corrected chi connectivity index (χ1v) is 12.1. The minimum Gasteiger partial charge on any atom is -0.367 e. The van der Waals surface area contributed by atoms with Gasteiger partial charge in [-0.1, -0.05) is 78.9 Å². The lowest BCUT2D eigenvalue weighted by molar-refractivity contribution is -0.121. The Morgan fingerprint density at radius 2 is 1.32 bits per heavy atom. The van der Waals surface area contributed by atoms with Gasteiger partial charge in [0, 0.05) is 28.8 Å². The van der Waals surface area contributed by atoms with Gasteiger partial charge in [-0.15, -0.1) is 0 Å². The number of para-hydroxylation sites is 1. The van der Waals surface area contributed by atoms with E-state index in [1.165, 1.54) is 0 Å². The molecule has 0 saturated heterocycles. The third-order valence-corrected chi connectivity index (χ3v) is 5.98. The van der Waals surface area contributed by atoms with Gasteiger partial charge in [-0.05, 0) is 47.5 Å². The van der Waals surface area contributed by atoms with Gasteiger partial charge in [0.25, 0.3) is 5.91 Å². The molecule has 0 radical (unpaired) electrons. The number of carbonyl (C=O) groups excluding carboxylic acids is 2. The van der Waals surface area contributed by atoms with E-state index in [9.17, 15) is 9.59 Å². The Bertz CT molecular complexity index is 1500. The predicted octanol–water partition coefficient (Wildman–Crippen LogP) is 6.10. The lowest BCUT2D eigenvalue weighted by atomic mass is 10.2. The molecule has 6 nitrogen and oxygen atoms in total. The van der Waals surface area contributed by atoms with E-state index in [4.69, 9.17) is 4.74 Å². The van der Waals surface area contributed by atoms with E-state index in [-0.39, 0.29) is 18.4 Å². The highest BCUT2D eigenvalue weighted by atomic mass is 16.5. The summed E-state index contributed by atoms with van der Waals surface area (Å²) in [4.78, 5) is 25.7. The second kappa shape index (κ2) is 11.4. The molecule has 0 spiro atoms. The van der Waals surface area contributed by atoms with E-state index in [1.807, 2.05) is 120 Å². The van der Waals surface area contributed by atoms with Crippen molar-refractivity contribution in [2.75, 3.05) is 17.2 Å². The average molecular weight is 490 g/mol. The van der Waals surface area contributed by atoms with E-state index in [0.717, 1.165) is 27.7 Å². The molecule has 184 valence electrons. The van der Waals surface area contributed by atoms with Crippen molar-refractivity contribution in [3.05, 3.63) is 132 Å². The maximum absolute atomic E-state index is 13.3. The summed E-state index contributed by atoms with van der Waals surface area (Å²) in [6.45, 7) is 0.864. The van der Waals surface area contributed by atoms with E-state index >= 15 is 0 Å². The number of anilines is 2. The monoisotopic (exact) mass is 489 g/mol. The van der Waals surface area contributed by atoms with Gasteiger partial charge in [-0.25, -0.2) is 0 Å². The highest BCUT2D eigenvalue weighted by Crippen LogP contribution is 2.26. The van der Waals surface area contributed by atoms with Crippen LogP contribution in [-0.4, -0.2) is 23.0 Å². The SMILES string of the molecule is O=C(COCc1ccccc1)Nc1ccc2c(c1)cc(C(=O)Nc1ccccc1)n2Cc1ccccc1. The summed E-state index contributed by atoms with van der Waals surface area (Å²) in [7, 11) is 0. The first-order valence-electron chi connectivity index (χ1n) is 12.1. The standard InChI is InChI=1S/C31H27N3O3/c35-30(22-37-21-24-12-6-2-7-13-24)32-27-16-17-28-25(18-27)19-29(31(36)33-26-14-8-3-9-15-26)34(28)20-23-10-4-1-5-11-23/h1-19H,20-22H2,(H,32,35)(H,33,36). The molecule has 2 N–H and O–H groups in total. The molecular weight excluding hydrogens is 462 g/mol. The minimum atomic E-state index is -0.235. The molecule has 0 aliphatic heterocycles. The number of hydrogen-bond donors (Lipinski definition) is 2. The van der Waals surface area contributed by atoms with Crippen LogP contribution in [0, 0.1) is 0 Å². The summed E-state index contributed by atoms with van der Waals surface area (Å²) in [5, 5.41) is 6.74. The topological polar surface area (TPSA) is 72.4 Å². The number of aromatic nitrogens is 1. The molecule has 1 heterocycles. The van der Waals surface area contributed by atoms with Gasteiger partial charge >= 0.3 is 0 Å². The van der Waals surface area contributed by atoms with Crippen molar-refractivity contribution in [2.24, 2.45) is 0 Å². The van der Waals surface area contributed by atoms with Crippen molar-refractivity contribution >= 4 is 34.1 Å². The molecule has 5 rings (SSSR count). The van der Waals surface area contributed by atoms with Crippen LogP contribution < -0.4 is 10.6 Å². The Labute approximate surface area is 215 Å². The van der Waals surface area contributed by atoms with Crippen LogP contribution in [0.25, 0.3) is 10.9 Å². The Morgan fingerprint density at radius 1 is 0.676 bits per heavy atom. The normalized spacial score (nSPS) is 10.8. The molecule has 6 heteroatoms. The molecule has 4 aromatic carbocycles. The van der Waals surface area contributed by atoms with Crippen molar-refractivity contribution in [1.82, 2.24) is 4.57 Å². The second-order valence-electron chi connectivity index (χ2n) is 8.72. The van der Waals surface area contributed by atoms with Gasteiger partial charge in [0.2, 0.25) is 5.91 Å². The summed E-state index contributed by atoms with van der Waals surface area (Å²) in [5.74, 6) is -0.431. The number of ether oxygens (including phenoxy) is 1. The summed E-state index contributed by atoms with van der Waals surface area (Å²) in [6.07, 6.45) is 0. The molecule has 5 aromatic rings. The fourth-order valence-corrected chi connectivity index (χ4v) is 4.22. The number of nitrogens with zero attached hydrogens (tertiary/aromatic N) is 1. The molecule has 37 heavy (non-hydrogen) atoms. The first kappa shape index (κ1) is 24.0. The summed E-state index contributed by atoms with van der Waals surface area (Å²) in [6, 6.07) is 36.6. The highest BCUT2D eigenvalue weighted by molar-refractivity contribution is 6.07. The molecule has 0 unspecified atom stereocenters. The number of benzene rings is 4. The maximum Gasteiger partial charge on any atom is 0.272 e. The van der Waals surface area contributed by atoms with Crippen molar-refractivity contribution in [3.63, 3.8) is 0 Å².